The SMILES string of the molecule is CCC(C)NC(=O)c1ccnc(N(C)CCc2ccncc2)n1. The summed E-state index contributed by atoms with van der Waals surface area (Å²) >= 11 is 0. The van der Waals surface area contributed by atoms with Crippen LogP contribution in [0.15, 0.2) is 36.8 Å². The van der Waals surface area contributed by atoms with E-state index in [0.717, 1.165) is 19.4 Å². The molecule has 0 aromatic carbocycles. The molecule has 6 heteroatoms. The van der Waals surface area contributed by atoms with Gasteiger partial charge in [0.2, 0.25) is 5.95 Å². The van der Waals surface area contributed by atoms with Crippen molar-refractivity contribution >= 4 is 11.9 Å². The fourth-order valence-corrected chi connectivity index (χ4v) is 2.00. The van der Waals surface area contributed by atoms with Gasteiger partial charge in [-0.3, -0.25) is 9.78 Å². The molecule has 0 aliphatic heterocycles. The highest BCUT2D eigenvalue weighted by Crippen LogP contribution is 2.08. The van der Waals surface area contributed by atoms with Crippen molar-refractivity contribution in [2.75, 3.05) is 18.5 Å². The smallest absolute Gasteiger partial charge is 0.270 e. The molecule has 0 radical (unpaired) electrons. The van der Waals surface area contributed by atoms with Crippen LogP contribution in [0, 0.1) is 0 Å². The monoisotopic (exact) mass is 313 g/mol. The number of amides is 1. The lowest BCUT2D eigenvalue weighted by atomic mass is 10.2. The molecule has 1 N–H and O–H groups in total. The zero-order chi connectivity index (χ0) is 16.7. The lowest BCUT2D eigenvalue weighted by Crippen LogP contribution is -2.33. The molecule has 0 aliphatic carbocycles. The zero-order valence-electron chi connectivity index (χ0n) is 13.9. The van der Waals surface area contributed by atoms with E-state index in [1.54, 1.807) is 24.7 Å². The van der Waals surface area contributed by atoms with Gasteiger partial charge in [-0.1, -0.05) is 6.92 Å². The molecule has 0 saturated carbocycles. The first-order valence-corrected chi connectivity index (χ1v) is 7.84. The second kappa shape index (κ2) is 8.22. The van der Waals surface area contributed by atoms with Crippen molar-refractivity contribution in [3.63, 3.8) is 0 Å². The molecule has 0 aliphatic rings. The minimum Gasteiger partial charge on any atom is -0.348 e. The number of nitrogens with one attached hydrogen (secondary N) is 1. The second-order valence-electron chi connectivity index (χ2n) is 5.55. The molecular weight excluding hydrogens is 290 g/mol. The van der Waals surface area contributed by atoms with Crippen LogP contribution in [0.5, 0.6) is 0 Å². The standard InChI is InChI=1S/C17H23N5O/c1-4-13(2)20-16(23)15-7-11-19-17(21-15)22(3)12-8-14-5-9-18-10-6-14/h5-7,9-11,13H,4,8,12H2,1-3H3,(H,20,23). The molecule has 2 aromatic heterocycles. The number of rotatable bonds is 7. The average Bonchev–Trinajstić information content (AvgIpc) is 2.60. The van der Waals surface area contributed by atoms with Crippen molar-refractivity contribution in [3.05, 3.63) is 48.0 Å². The third kappa shape index (κ3) is 5.02. The third-order valence-corrected chi connectivity index (χ3v) is 3.69. The largest absolute Gasteiger partial charge is 0.348 e. The van der Waals surface area contributed by atoms with E-state index in [4.69, 9.17) is 0 Å². The maximum absolute atomic E-state index is 12.1. The summed E-state index contributed by atoms with van der Waals surface area (Å²) in [4.78, 5) is 26.7. The number of nitrogens with zero attached hydrogens (tertiary/aromatic N) is 4. The van der Waals surface area contributed by atoms with E-state index < -0.39 is 0 Å². The van der Waals surface area contributed by atoms with Crippen molar-refractivity contribution in [1.29, 1.82) is 0 Å². The fraction of sp³-hybridized carbons (Fsp3) is 0.412. The van der Waals surface area contributed by atoms with Gasteiger partial charge in [0.25, 0.3) is 5.91 Å². The van der Waals surface area contributed by atoms with Crippen LogP contribution >= 0.6 is 0 Å². The van der Waals surface area contributed by atoms with Crippen LogP contribution in [0.3, 0.4) is 0 Å². The summed E-state index contributed by atoms with van der Waals surface area (Å²) < 4.78 is 0. The Hall–Kier alpha value is -2.50. The highest BCUT2D eigenvalue weighted by Gasteiger charge is 2.12. The molecule has 2 rings (SSSR count). The molecule has 1 unspecified atom stereocenters. The molecule has 122 valence electrons. The second-order valence-corrected chi connectivity index (χ2v) is 5.55. The Balaban J connectivity index is 1.99. The fourth-order valence-electron chi connectivity index (χ4n) is 2.00. The zero-order valence-corrected chi connectivity index (χ0v) is 13.9. The van der Waals surface area contributed by atoms with E-state index in [-0.39, 0.29) is 11.9 Å². The van der Waals surface area contributed by atoms with Gasteiger partial charge in [0.15, 0.2) is 0 Å². The number of likely N-dealkylation sites (N-methyl/N-ethyl adjacent to an activating group) is 1. The molecular formula is C17H23N5O. The minimum absolute atomic E-state index is 0.130. The number of hydrogen-bond donors (Lipinski definition) is 1. The summed E-state index contributed by atoms with van der Waals surface area (Å²) in [6, 6.07) is 5.75. The Morgan fingerprint density at radius 2 is 2.00 bits per heavy atom. The molecule has 0 fully saturated rings. The van der Waals surface area contributed by atoms with Gasteiger partial charge in [-0.25, -0.2) is 9.97 Å². The molecule has 1 amide bonds. The average molecular weight is 313 g/mol. The van der Waals surface area contributed by atoms with Crippen LogP contribution in [0.4, 0.5) is 5.95 Å². The van der Waals surface area contributed by atoms with Crippen molar-refractivity contribution in [1.82, 2.24) is 20.3 Å². The quantitative estimate of drug-likeness (QED) is 0.847. The van der Waals surface area contributed by atoms with Crippen molar-refractivity contribution < 1.29 is 4.79 Å². The molecule has 0 saturated heterocycles. The van der Waals surface area contributed by atoms with Crippen molar-refractivity contribution in [2.45, 2.75) is 32.7 Å². The Kier molecular flexibility index (Phi) is 6.02. The number of pyridine rings is 1. The Morgan fingerprint density at radius 3 is 2.70 bits per heavy atom. The van der Waals surface area contributed by atoms with Gasteiger partial charge in [0.1, 0.15) is 5.69 Å². The number of carbonyl (C=O) groups is 1. The van der Waals surface area contributed by atoms with E-state index in [1.165, 1.54) is 5.56 Å². The predicted molar refractivity (Wildman–Crippen MR) is 90.5 cm³/mol. The number of anilines is 1. The van der Waals surface area contributed by atoms with E-state index >= 15 is 0 Å². The molecule has 2 heterocycles. The van der Waals surface area contributed by atoms with Crippen molar-refractivity contribution in [3.8, 4) is 0 Å². The first kappa shape index (κ1) is 16.9. The van der Waals surface area contributed by atoms with Gasteiger partial charge in [-0.05, 0) is 43.5 Å². The van der Waals surface area contributed by atoms with Crippen LogP contribution < -0.4 is 10.2 Å². The van der Waals surface area contributed by atoms with E-state index in [1.807, 2.05) is 37.9 Å². The van der Waals surface area contributed by atoms with Crippen LogP contribution in [0.2, 0.25) is 0 Å². The Morgan fingerprint density at radius 1 is 1.26 bits per heavy atom. The predicted octanol–water partition coefficient (Wildman–Crippen LogP) is 2.08. The van der Waals surface area contributed by atoms with E-state index in [9.17, 15) is 4.79 Å². The maximum atomic E-state index is 12.1. The maximum Gasteiger partial charge on any atom is 0.270 e. The van der Waals surface area contributed by atoms with Crippen LogP contribution in [-0.2, 0) is 6.42 Å². The molecule has 0 bridgehead atoms. The molecule has 23 heavy (non-hydrogen) atoms. The van der Waals surface area contributed by atoms with Gasteiger partial charge >= 0.3 is 0 Å². The van der Waals surface area contributed by atoms with Gasteiger partial charge in [-0.15, -0.1) is 0 Å². The van der Waals surface area contributed by atoms with Gasteiger partial charge in [-0.2, -0.15) is 0 Å². The lowest BCUT2D eigenvalue weighted by Gasteiger charge is -2.17. The van der Waals surface area contributed by atoms with Crippen LogP contribution in [0.25, 0.3) is 0 Å². The summed E-state index contributed by atoms with van der Waals surface area (Å²) in [5.41, 5.74) is 1.60. The van der Waals surface area contributed by atoms with Crippen LogP contribution in [0.1, 0.15) is 36.3 Å². The summed E-state index contributed by atoms with van der Waals surface area (Å²) in [5.74, 6) is 0.390. The third-order valence-electron chi connectivity index (χ3n) is 3.69. The van der Waals surface area contributed by atoms with Gasteiger partial charge in [0.05, 0.1) is 0 Å². The number of carbonyl (C=O) groups excluding carboxylic acids is 1. The number of aromatic nitrogens is 3. The minimum atomic E-state index is -0.162. The number of hydrogen-bond acceptors (Lipinski definition) is 5. The van der Waals surface area contributed by atoms with Crippen LogP contribution in [-0.4, -0.2) is 40.5 Å². The van der Waals surface area contributed by atoms with E-state index in [2.05, 4.69) is 20.3 Å². The normalized spacial score (nSPS) is 11.8. The highest BCUT2D eigenvalue weighted by atomic mass is 16.1. The molecule has 0 spiro atoms. The van der Waals surface area contributed by atoms with Crippen molar-refractivity contribution in [2.24, 2.45) is 0 Å². The Bertz CT molecular complexity index is 632. The molecule has 1 atom stereocenters. The topological polar surface area (TPSA) is 71.0 Å². The first-order chi connectivity index (χ1) is 11.1. The Labute approximate surface area is 137 Å². The molecule has 6 nitrogen and oxygen atoms in total. The van der Waals surface area contributed by atoms with Gasteiger partial charge < -0.3 is 10.2 Å². The first-order valence-electron chi connectivity index (χ1n) is 7.84. The molecule has 2 aromatic rings. The summed E-state index contributed by atoms with van der Waals surface area (Å²) in [7, 11) is 1.92. The van der Waals surface area contributed by atoms with E-state index in [0.29, 0.717) is 11.6 Å². The summed E-state index contributed by atoms with van der Waals surface area (Å²) in [6.07, 6.45) is 6.94. The summed E-state index contributed by atoms with van der Waals surface area (Å²) in [6.45, 7) is 4.77. The highest BCUT2D eigenvalue weighted by molar-refractivity contribution is 5.92. The lowest BCUT2D eigenvalue weighted by molar-refractivity contribution is 0.0934. The summed E-state index contributed by atoms with van der Waals surface area (Å²) in [5, 5.41) is 2.92. The van der Waals surface area contributed by atoms with Gasteiger partial charge in [0, 0.05) is 38.2 Å².